The van der Waals surface area contributed by atoms with Crippen LogP contribution in [0.5, 0.6) is 0 Å². The number of hydrogen-bond acceptors (Lipinski definition) is 4. The van der Waals surface area contributed by atoms with Gasteiger partial charge in [-0.25, -0.2) is 0 Å². The van der Waals surface area contributed by atoms with E-state index >= 15 is 0 Å². The first-order valence-electron chi connectivity index (χ1n) is 5.69. The third-order valence-corrected chi connectivity index (χ3v) is 3.24. The van der Waals surface area contributed by atoms with Crippen molar-refractivity contribution in [1.29, 1.82) is 0 Å². The molecule has 0 aromatic carbocycles. The van der Waals surface area contributed by atoms with Gasteiger partial charge in [-0.15, -0.1) is 0 Å². The molecule has 88 valence electrons. The molecule has 2 rings (SSSR count). The number of β-amino-alcohol motifs (C(OH)–C–C–N with tert-alkyl or cyclic N) is 1. The van der Waals surface area contributed by atoms with Gasteiger partial charge in [0.2, 0.25) is 0 Å². The van der Waals surface area contributed by atoms with E-state index in [-0.39, 0.29) is 6.04 Å². The average Bonchev–Trinajstić information content (AvgIpc) is 2.62. The molecule has 16 heavy (non-hydrogen) atoms. The lowest BCUT2D eigenvalue weighted by atomic mass is 10.1. The lowest BCUT2D eigenvalue weighted by molar-refractivity contribution is 0.0626. The first-order chi connectivity index (χ1) is 7.62. The van der Waals surface area contributed by atoms with Crippen molar-refractivity contribution >= 4 is 0 Å². The van der Waals surface area contributed by atoms with Crippen molar-refractivity contribution in [2.75, 3.05) is 19.6 Å². The smallest absolute Gasteiger partial charge is 0.0758 e. The second-order valence-corrected chi connectivity index (χ2v) is 4.75. The monoisotopic (exact) mass is 221 g/mol. The maximum Gasteiger partial charge on any atom is 0.0758 e. The number of aromatic nitrogens is 1. The van der Waals surface area contributed by atoms with Gasteiger partial charge in [-0.2, -0.15) is 0 Å². The van der Waals surface area contributed by atoms with E-state index in [1.54, 1.807) is 12.4 Å². The van der Waals surface area contributed by atoms with E-state index in [9.17, 15) is 5.11 Å². The van der Waals surface area contributed by atoms with Crippen molar-refractivity contribution in [3.8, 4) is 0 Å². The van der Waals surface area contributed by atoms with Gasteiger partial charge in [-0.3, -0.25) is 9.88 Å². The van der Waals surface area contributed by atoms with Gasteiger partial charge in [0.25, 0.3) is 0 Å². The number of aliphatic hydroxyl groups is 1. The maximum atomic E-state index is 9.96. The summed E-state index contributed by atoms with van der Waals surface area (Å²) in [5.41, 5.74) is 6.44. The Labute approximate surface area is 96.1 Å². The van der Waals surface area contributed by atoms with Crippen molar-refractivity contribution in [1.82, 2.24) is 9.88 Å². The molecule has 3 N–H and O–H groups in total. The van der Waals surface area contributed by atoms with Crippen LogP contribution in [0.1, 0.15) is 24.9 Å². The predicted octanol–water partition coefficient (Wildman–Crippen LogP) is 0.538. The van der Waals surface area contributed by atoms with Crippen LogP contribution in [0.15, 0.2) is 24.5 Å². The SMILES string of the molecule is CC1(O)CCN(C(CN)c2ccncc2)C1. The standard InChI is InChI=1S/C12H19N3O/c1-12(16)4-7-15(9-12)11(8-13)10-2-5-14-6-3-10/h2-3,5-6,11,16H,4,7-9,13H2,1H3. The molecule has 4 nitrogen and oxygen atoms in total. The van der Waals surface area contributed by atoms with Crippen LogP contribution in [0, 0.1) is 0 Å². The van der Waals surface area contributed by atoms with Crippen LogP contribution in [0.25, 0.3) is 0 Å². The largest absolute Gasteiger partial charge is 0.389 e. The Morgan fingerprint density at radius 2 is 2.25 bits per heavy atom. The highest BCUT2D eigenvalue weighted by atomic mass is 16.3. The van der Waals surface area contributed by atoms with Crippen molar-refractivity contribution < 1.29 is 5.11 Å². The minimum atomic E-state index is -0.569. The summed E-state index contributed by atoms with van der Waals surface area (Å²) >= 11 is 0. The molecule has 0 saturated carbocycles. The Kier molecular flexibility index (Phi) is 3.23. The molecule has 1 aromatic rings. The average molecular weight is 221 g/mol. The summed E-state index contributed by atoms with van der Waals surface area (Å²) < 4.78 is 0. The van der Waals surface area contributed by atoms with Crippen LogP contribution in [-0.4, -0.2) is 40.2 Å². The molecule has 0 aliphatic carbocycles. The Bertz CT molecular complexity index is 339. The van der Waals surface area contributed by atoms with E-state index in [1.165, 1.54) is 5.56 Å². The lowest BCUT2D eigenvalue weighted by Crippen LogP contribution is -2.35. The number of rotatable bonds is 3. The minimum Gasteiger partial charge on any atom is -0.389 e. The topological polar surface area (TPSA) is 62.4 Å². The van der Waals surface area contributed by atoms with Crippen LogP contribution in [0.3, 0.4) is 0 Å². The summed E-state index contributed by atoms with van der Waals surface area (Å²) in [6.45, 7) is 4.04. The third kappa shape index (κ3) is 2.40. The number of likely N-dealkylation sites (tertiary alicyclic amines) is 1. The molecule has 0 amide bonds. The van der Waals surface area contributed by atoms with Gasteiger partial charge in [-0.05, 0) is 31.0 Å². The zero-order valence-electron chi connectivity index (χ0n) is 9.63. The van der Waals surface area contributed by atoms with Crippen molar-refractivity contribution in [2.24, 2.45) is 5.73 Å². The van der Waals surface area contributed by atoms with Gasteiger partial charge in [0, 0.05) is 38.1 Å². The summed E-state index contributed by atoms with van der Waals surface area (Å²) in [7, 11) is 0. The summed E-state index contributed by atoms with van der Waals surface area (Å²) in [5, 5.41) is 9.96. The molecular formula is C12H19N3O. The molecule has 1 saturated heterocycles. The molecule has 1 fully saturated rings. The van der Waals surface area contributed by atoms with Gasteiger partial charge in [0.15, 0.2) is 0 Å². The second-order valence-electron chi connectivity index (χ2n) is 4.75. The Morgan fingerprint density at radius 3 is 2.75 bits per heavy atom. The number of hydrogen-bond donors (Lipinski definition) is 2. The van der Waals surface area contributed by atoms with E-state index in [1.807, 2.05) is 19.1 Å². The predicted molar refractivity (Wildman–Crippen MR) is 62.8 cm³/mol. The molecule has 2 heterocycles. The zero-order chi connectivity index (χ0) is 11.6. The lowest BCUT2D eigenvalue weighted by Gasteiger charge is -2.27. The van der Waals surface area contributed by atoms with Gasteiger partial charge in [-0.1, -0.05) is 0 Å². The van der Waals surface area contributed by atoms with E-state index in [2.05, 4.69) is 9.88 Å². The molecule has 1 aromatic heterocycles. The van der Waals surface area contributed by atoms with Gasteiger partial charge < -0.3 is 10.8 Å². The Balaban J connectivity index is 2.13. The quantitative estimate of drug-likeness (QED) is 0.782. The fraction of sp³-hybridized carbons (Fsp3) is 0.583. The van der Waals surface area contributed by atoms with Gasteiger partial charge >= 0.3 is 0 Å². The van der Waals surface area contributed by atoms with Crippen LogP contribution < -0.4 is 5.73 Å². The highest BCUT2D eigenvalue weighted by Gasteiger charge is 2.34. The van der Waals surface area contributed by atoms with Gasteiger partial charge in [0.05, 0.1) is 5.60 Å². The van der Waals surface area contributed by atoms with E-state index in [4.69, 9.17) is 5.73 Å². The first kappa shape index (κ1) is 11.5. The van der Waals surface area contributed by atoms with Crippen LogP contribution >= 0.6 is 0 Å². The molecule has 0 spiro atoms. The number of nitrogens with two attached hydrogens (primary N) is 1. The highest BCUT2D eigenvalue weighted by molar-refractivity contribution is 5.16. The van der Waals surface area contributed by atoms with Gasteiger partial charge in [0.1, 0.15) is 0 Å². The Hall–Kier alpha value is -0.970. The summed E-state index contributed by atoms with van der Waals surface area (Å²) in [4.78, 5) is 6.25. The maximum absolute atomic E-state index is 9.96. The molecular weight excluding hydrogens is 202 g/mol. The molecule has 2 atom stereocenters. The third-order valence-electron chi connectivity index (χ3n) is 3.24. The fourth-order valence-corrected chi connectivity index (χ4v) is 2.33. The second kappa shape index (κ2) is 4.49. The highest BCUT2D eigenvalue weighted by Crippen LogP contribution is 2.28. The van der Waals surface area contributed by atoms with E-state index in [0.717, 1.165) is 13.0 Å². The van der Waals surface area contributed by atoms with Crippen LogP contribution in [0.2, 0.25) is 0 Å². The molecule has 1 aliphatic heterocycles. The summed E-state index contributed by atoms with van der Waals surface area (Å²) in [5.74, 6) is 0. The van der Waals surface area contributed by atoms with Crippen LogP contribution in [0.4, 0.5) is 0 Å². The van der Waals surface area contributed by atoms with E-state index < -0.39 is 5.60 Å². The first-order valence-corrected chi connectivity index (χ1v) is 5.69. The number of pyridine rings is 1. The Morgan fingerprint density at radius 1 is 1.56 bits per heavy atom. The molecule has 0 bridgehead atoms. The minimum absolute atomic E-state index is 0.192. The molecule has 4 heteroatoms. The molecule has 2 unspecified atom stereocenters. The van der Waals surface area contributed by atoms with Crippen molar-refractivity contribution in [3.05, 3.63) is 30.1 Å². The molecule has 1 aliphatic rings. The normalized spacial score (nSPS) is 28.2. The summed E-state index contributed by atoms with van der Waals surface area (Å²) in [6, 6.07) is 4.17. The summed E-state index contributed by atoms with van der Waals surface area (Å²) in [6.07, 6.45) is 4.38. The fourth-order valence-electron chi connectivity index (χ4n) is 2.33. The van der Waals surface area contributed by atoms with Crippen molar-refractivity contribution in [3.63, 3.8) is 0 Å². The van der Waals surface area contributed by atoms with Crippen LogP contribution in [-0.2, 0) is 0 Å². The molecule has 0 radical (unpaired) electrons. The number of nitrogens with zero attached hydrogens (tertiary/aromatic N) is 2. The van der Waals surface area contributed by atoms with Crippen molar-refractivity contribution in [2.45, 2.75) is 25.0 Å². The zero-order valence-corrected chi connectivity index (χ0v) is 9.63. The van der Waals surface area contributed by atoms with E-state index in [0.29, 0.717) is 13.1 Å².